The van der Waals surface area contributed by atoms with E-state index in [-0.39, 0.29) is 29.9 Å². The van der Waals surface area contributed by atoms with E-state index in [9.17, 15) is 9.59 Å². The quantitative estimate of drug-likeness (QED) is 0.799. The number of hydrogen-bond donors (Lipinski definition) is 2. The summed E-state index contributed by atoms with van der Waals surface area (Å²) in [4.78, 5) is 25.2. The van der Waals surface area contributed by atoms with E-state index < -0.39 is 0 Å². The number of piperidine rings is 1. The fraction of sp³-hybridized carbons (Fsp3) is 0.846. The zero-order chi connectivity index (χ0) is 13.7. The van der Waals surface area contributed by atoms with Gasteiger partial charge in [-0.2, -0.15) is 0 Å². The predicted molar refractivity (Wildman–Crippen MR) is 71.2 cm³/mol. The maximum atomic E-state index is 11.8. The van der Waals surface area contributed by atoms with Gasteiger partial charge < -0.3 is 15.5 Å². The highest BCUT2D eigenvalue weighted by molar-refractivity contribution is 5.78. The Labute approximate surface area is 109 Å². The Kier molecular flexibility index (Phi) is 5.44. The lowest BCUT2D eigenvalue weighted by molar-refractivity contribution is -0.135. The van der Waals surface area contributed by atoms with Gasteiger partial charge in [0.15, 0.2) is 0 Å². The van der Waals surface area contributed by atoms with Crippen LogP contribution in [-0.4, -0.2) is 42.0 Å². The molecule has 0 aromatic heterocycles. The number of urea groups is 1. The molecular formula is C13H25N3O2. The number of nitrogens with one attached hydrogen (secondary N) is 2. The molecule has 1 rings (SSSR count). The minimum atomic E-state index is -0.112. The van der Waals surface area contributed by atoms with Crippen molar-refractivity contribution in [1.82, 2.24) is 15.5 Å². The molecule has 0 radical (unpaired) electrons. The zero-order valence-corrected chi connectivity index (χ0v) is 11.8. The standard InChI is InChI=1S/C13H25N3O2/c1-9(2)12(17)16-7-5-11(6-8-16)15-13(18)14-10(3)4/h9-11H,5-8H2,1-4H3,(H2,14,15,18). The molecule has 18 heavy (non-hydrogen) atoms. The third-order valence-electron chi connectivity index (χ3n) is 3.06. The molecule has 0 aliphatic carbocycles. The molecule has 5 nitrogen and oxygen atoms in total. The smallest absolute Gasteiger partial charge is 0.315 e. The summed E-state index contributed by atoms with van der Waals surface area (Å²) >= 11 is 0. The molecule has 104 valence electrons. The summed E-state index contributed by atoms with van der Waals surface area (Å²) in [6.45, 7) is 9.19. The summed E-state index contributed by atoms with van der Waals surface area (Å²) in [6, 6.07) is 0.214. The van der Waals surface area contributed by atoms with Crippen molar-refractivity contribution in [1.29, 1.82) is 0 Å². The van der Waals surface area contributed by atoms with Crippen molar-refractivity contribution in [3.8, 4) is 0 Å². The number of likely N-dealkylation sites (tertiary alicyclic amines) is 1. The van der Waals surface area contributed by atoms with Crippen LogP contribution in [0.3, 0.4) is 0 Å². The lowest BCUT2D eigenvalue weighted by Crippen LogP contribution is -2.50. The van der Waals surface area contributed by atoms with E-state index in [0.717, 1.165) is 25.9 Å². The first kappa shape index (κ1) is 14.8. The number of amides is 3. The van der Waals surface area contributed by atoms with Gasteiger partial charge in [0.25, 0.3) is 0 Å². The fourth-order valence-electron chi connectivity index (χ4n) is 2.10. The maximum absolute atomic E-state index is 11.8. The van der Waals surface area contributed by atoms with Crippen LogP contribution < -0.4 is 10.6 Å². The largest absolute Gasteiger partial charge is 0.342 e. The van der Waals surface area contributed by atoms with Crippen LogP contribution in [0.15, 0.2) is 0 Å². The average Bonchev–Trinajstić information content (AvgIpc) is 2.27. The molecular weight excluding hydrogens is 230 g/mol. The Morgan fingerprint density at radius 1 is 1.11 bits per heavy atom. The van der Waals surface area contributed by atoms with Gasteiger partial charge in [-0.15, -0.1) is 0 Å². The summed E-state index contributed by atoms with van der Waals surface area (Å²) in [6.07, 6.45) is 1.67. The second-order valence-corrected chi connectivity index (χ2v) is 5.53. The molecule has 5 heteroatoms. The molecule has 3 amide bonds. The molecule has 0 aromatic rings. The molecule has 1 aliphatic heterocycles. The average molecular weight is 255 g/mol. The molecule has 1 aliphatic rings. The Morgan fingerprint density at radius 2 is 1.67 bits per heavy atom. The molecule has 0 aromatic carbocycles. The summed E-state index contributed by atoms with van der Waals surface area (Å²) in [5.74, 6) is 0.263. The van der Waals surface area contributed by atoms with Gasteiger partial charge in [-0.1, -0.05) is 13.8 Å². The van der Waals surface area contributed by atoms with Crippen molar-refractivity contribution in [3.05, 3.63) is 0 Å². The van der Waals surface area contributed by atoms with Crippen LogP contribution in [0.4, 0.5) is 4.79 Å². The lowest BCUT2D eigenvalue weighted by atomic mass is 10.0. The summed E-state index contributed by atoms with van der Waals surface area (Å²) in [7, 11) is 0. The molecule has 0 bridgehead atoms. The normalized spacial score (nSPS) is 17.1. The van der Waals surface area contributed by atoms with Crippen molar-refractivity contribution < 1.29 is 9.59 Å². The van der Waals surface area contributed by atoms with Crippen molar-refractivity contribution in [2.75, 3.05) is 13.1 Å². The van der Waals surface area contributed by atoms with Crippen molar-refractivity contribution in [2.45, 2.75) is 52.6 Å². The van der Waals surface area contributed by atoms with Gasteiger partial charge in [0, 0.05) is 31.1 Å². The van der Waals surface area contributed by atoms with Gasteiger partial charge >= 0.3 is 6.03 Å². The SMILES string of the molecule is CC(C)NC(=O)NC1CCN(C(=O)C(C)C)CC1. The van der Waals surface area contributed by atoms with Gasteiger partial charge in [0.2, 0.25) is 5.91 Å². The highest BCUT2D eigenvalue weighted by Gasteiger charge is 2.24. The van der Waals surface area contributed by atoms with Gasteiger partial charge in [-0.05, 0) is 26.7 Å². The van der Waals surface area contributed by atoms with E-state index in [1.165, 1.54) is 0 Å². The third-order valence-corrected chi connectivity index (χ3v) is 3.06. The minimum Gasteiger partial charge on any atom is -0.342 e. The maximum Gasteiger partial charge on any atom is 0.315 e. The van der Waals surface area contributed by atoms with Crippen LogP contribution in [0, 0.1) is 5.92 Å². The van der Waals surface area contributed by atoms with Gasteiger partial charge in [0.1, 0.15) is 0 Å². The number of nitrogens with zero attached hydrogens (tertiary/aromatic N) is 1. The number of rotatable bonds is 3. The van der Waals surface area contributed by atoms with Gasteiger partial charge in [-0.25, -0.2) is 4.79 Å². The topological polar surface area (TPSA) is 61.4 Å². The molecule has 1 saturated heterocycles. The minimum absolute atomic E-state index is 0.0544. The highest BCUT2D eigenvalue weighted by atomic mass is 16.2. The first-order valence-corrected chi connectivity index (χ1v) is 6.76. The Hall–Kier alpha value is -1.26. The van der Waals surface area contributed by atoms with E-state index in [4.69, 9.17) is 0 Å². The molecule has 0 saturated carbocycles. The van der Waals surface area contributed by atoms with Crippen molar-refractivity contribution >= 4 is 11.9 Å². The monoisotopic (exact) mass is 255 g/mol. The lowest BCUT2D eigenvalue weighted by Gasteiger charge is -2.33. The van der Waals surface area contributed by atoms with E-state index in [2.05, 4.69) is 10.6 Å². The first-order valence-electron chi connectivity index (χ1n) is 6.76. The van der Waals surface area contributed by atoms with Crippen molar-refractivity contribution in [3.63, 3.8) is 0 Å². The summed E-state index contributed by atoms with van der Waals surface area (Å²) < 4.78 is 0. The molecule has 1 fully saturated rings. The summed E-state index contributed by atoms with van der Waals surface area (Å²) in [5.41, 5.74) is 0. The highest BCUT2D eigenvalue weighted by Crippen LogP contribution is 2.13. The second kappa shape index (κ2) is 6.61. The van der Waals surface area contributed by atoms with Crippen LogP contribution in [0.5, 0.6) is 0 Å². The van der Waals surface area contributed by atoms with E-state index in [1.807, 2.05) is 32.6 Å². The summed E-state index contributed by atoms with van der Waals surface area (Å²) in [5, 5.41) is 5.76. The Balaban J connectivity index is 2.31. The van der Waals surface area contributed by atoms with Crippen LogP contribution in [0.25, 0.3) is 0 Å². The van der Waals surface area contributed by atoms with E-state index in [0.29, 0.717) is 0 Å². The van der Waals surface area contributed by atoms with E-state index in [1.54, 1.807) is 0 Å². The van der Waals surface area contributed by atoms with Crippen molar-refractivity contribution in [2.24, 2.45) is 5.92 Å². The molecule has 0 unspecified atom stereocenters. The molecule has 0 atom stereocenters. The van der Waals surface area contributed by atoms with Crippen LogP contribution >= 0.6 is 0 Å². The number of carbonyl (C=O) groups excluding carboxylic acids is 2. The fourth-order valence-corrected chi connectivity index (χ4v) is 2.10. The molecule has 0 spiro atoms. The van der Waals surface area contributed by atoms with Crippen LogP contribution in [-0.2, 0) is 4.79 Å². The first-order chi connectivity index (χ1) is 8.40. The Bertz CT molecular complexity index is 295. The van der Waals surface area contributed by atoms with Crippen LogP contribution in [0.1, 0.15) is 40.5 Å². The number of hydrogen-bond acceptors (Lipinski definition) is 2. The van der Waals surface area contributed by atoms with Crippen LogP contribution in [0.2, 0.25) is 0 Å². The van der Waals surface area contributed by atoms with Gasteiger partial charge in [0.05, 0.1) is 0 Å². The van der Waals surface area contributed by atoms with Gasteiger partial charge in [-0.3, -0.25) is 4.79 Å². The molecule has 2 N–H and O–H groups in total. The molecule has 1 heterocycles. The number of carbonyl (C=O) groups is 2. The van der Waals surface area contributed by atoms with E-state index >= 15 is 0 Å². The zero-order valence-electron chi connectivity index (χ0n) is 11.8. The third kappa shape index (κ3) is 4.55. The Morgan fingerprint density at radius 3 is 2.11 bits per heavy atom. The predicted octanol–water partition coefficient (Wildman–Crippen LogP) is 1.34. The second-order valence-electron chi connectivity index (χ2n) is 5.53.